The highest BCUT2D eigenvalue weighted by Gasteiger charge is 2.20. The van der Waals surface area contributed by atoms with E-state index in [0.29, 0.717) is 16.8 Å². The van der Waals surface area contributed by atoms with Gasteiger partial charge in [0.05, 0.1) is 23.9 Å². The highest BCUT2D eigenvalue weighted by molar-refractivity contribution is 5.98. The van der Waals surface area contributed by atoms with Crippen LogP contribution in [0, 0.1) is 12.7 Å². The zero-order valence-corrected chi connectivity index (χ0v) is 15.4. The van der Waals surface area contributed by atoms with E-state index in [1.165, 1.54) is 25.3 Å². The number of pyridine rings is 1. The van der Waals surface area contributed by atoms with E-state index in [1.807, 2.05) is 24.3 Å². The largest absolute Gasteiger partial charge is 0.482 e. The first-order valence-electron chi connectivity index (χ1n) is 8.50. The van der Waals surface area contributed by atoms with E-state index in [2.05, 4.69) is 4.98 Å². The van der Waals surface area contributed by atoms with E-state index in [-0.39, 0.29) is 17.9 Å². The van der Waals surface area contributed by atoms with Crippen LogP contribution in [-0.2, 0) is 20.9 Å². The molecule has 7 heteroatoms. The highest BCUT2D eigenvalue weighted by Crippen LogP contribution is 2.24. The normalized spacial score (nSPS) is 10.5. The predicted octanol–water partition coefficient (Wildman–Crippen LogP) is 3.59. The van der Waals surface area contributed by atoms with Crippen molar-refractivity contribution < 1.29 is 28.2 Å². The van der Waals surface area contributed by atoms with Crippen molar-refractivity contribution in [2.24, 2.45) is 0 Å². The molecule has 0 spiro atoms. The van der Waals surface area contributed by atoms with Crippen molar-refractivity contribution >= 4 is 22.8 Å². The Labute approximate surface area is 160 Å². The van der Waals surface area contributed by atoms with E-state index < -0.39 is 24.4 Å². The number of hydrogen-bond acceptors (Lipinski definition) is 6. The Morgan fingerprint density at radius 2 is 1.89 bits per heavy atom. The number of aromatic nitrogens is 1. The number of halogens is 1. The zero-order valence-electron chi connectivity index (χ0n) is 15.4. The molecule has 3 rings (SSSR count). The van der Waals surface area contributed by atoms with Gasteiger partial charge in [0.25, 0.3) is 0 Å². The van der Waals surface area contributed by atoms with Gasteiger partial charge in [-0.25, -0.2) is 19.0 Å². The summed E-state index contributed by atoms with van der Waals surface area (Å²) in [7, 11) is 1.28. The van der Waals surface area contributed by atoms with Crippen LogP contribution >= 0.6 is 0 Å². The number of hydrogen-bond donors (Lipinski definition) is 0. The maximum atomic E-state index is 13.1. The van der Waals surface area contributed by atoms with Crippen molar-refractivity contribution in [2.45, 2.75) is 13.5 Å². The zero-order chi connectivity index (χ0) is 20.1. The van der Waals surface area contributed by atoms with Gasteiger partial charge in [-0.05, 0) is 30.7 Å². The van der Waals surface area contributed by atoms with Crippen molar-refractivity contribution in [1.82, 2.24) is 4.98 Å². The molecule has 144 valence electrons. The van der Waals surface area contributed by atoms with Gasteiger partial charge in [-0.15, -0.1) is 0 Å². The molecule has 2 aromatic carbocycles. The van der Waals surface area contributed by atoms with Gasteiger partial charge >= 0.3 is 11.9 Å². The van der Waals surface area contributed by atoms with Crippen molar-refractivity contribution in [3.8, 4) is 5.75 Å². The molecule has 0 fully saturated rings. The maximum absolute atomic E-state index is 13.1. The first kappa shape index (κ1) is 19.3. The van der Waals surface area contributed by atoms with Crippen molar-refractivity contribution in [3.05, 3.63) is 71.2 Å². The van der Waals surface area contributed by atoms with Crippen LogP contribution in [0.3, 0.4) is 0 Å². The summed E-state index contributed by atoms with van der Waals surface area (Å²) in [4.78, 5) is 28.7. The summed E-state index contributed by atoms with van der Waals surface area (Å²) >= 11 is 0. The molecule has 0 aliphatic heterocycles. The Morgan fingerprint density at radius 1 is 1.11 bits per heavy atom. The molecule has 0 bridgehead atoms. The fraction of sp³-hybridized carbons (Fsp3) is 0.190. The number of carbonyl (C=O) groups excluding carboxylic acids is 2. The molecule has 0 unspecified atom stereocenters. The summed E-state index contributed by atoms with van der Waals surface area (Å²) in [6.45, 7) is 1.17. The van der Waals surface area contributed by atoms with E-state index in [0.717, 1.165) is 11.5 Å². The first-order chi connectivity index (χ1) is 13.5. The summed E-state index contributed by atoms with van der Waals surface area (Å²) in [5, 5.41) is 0.812. The van der Waals surface area contributed by atoms with Gasteiger partial charge in [-0.1, -0.05) is 24.3 Å². The van der Waals surface area contributed by atoms with Crippen LogP contribution in [0.4, 0.5) is 4.39 Å². The quantitative estimate of drug-likeness (QED) is 0.606. The number of rotatable bonds is 6. The molecule has 0 N–H and O–H groups in total. The minimum absolute atomic E-state index is 0.215. The van der Waals surface area contributed by atoms with Crippen LogP contribution in [0.2, 0.25) is 0 Å². The van der Waals surface area contributed by atoms with Crippen LogP contribution < -0.4 is 4.74 Å². The average molecular weight is 383 g/mol. The summed E-state index contributed by atoms with van der Waals surface area (Å²) in [6.07, 6.45) is 0. The van der Waals surface area contributed by atoms with Crippen LogP contribution in [0.1, 0.15) is 21.6 Å². The average Bonchev–Trinajstić information content (AvgIpc) is 2.70. The molecule has 0 amide bonds. The van der Waals surface area contributed by atoms with Crippen LogP contribution in [-0.4, -0.2) is 30.6 Å². The molecule has 0 aliphatic rings. The molecule has 0 radical (unpaired) electrons. The van der Waals surface area contributed by atoms with Crippen molar-refractivity contribution in [2.75, 3.05) is 13.7 Å². The lowest BCUT2D eigenvalue weighted by atomic mass is 10.0. The summed E-state index contributed by atoms with van der Waals surface area (Å²) in [6, 6.07) is 12.8. The van der Waals surface area contributed by atoms with E-state index in [4.69, 9.17) is 14.2 Å². The molecule has 1 aromatic heterocycles. The smallest absolute Gasteiger partial charge is 0.344 e. The van der Waals surface area contributed by atoms with Gasteiger partial charge in [0, 0.05) is 11.5 Å². The van der Waals surface area contributed by atoms with Gasteiger partial charge in [-0.3, -0.25) is 0 Å². The lowest BCUT2D eigenvalue weighted by Crippen LogP contribution is -2.17. The monoisotopic (exact) mass is 383 g/mol. The van der Waals surface area contributed by atoms with Crippen LogP contribution in [0.15, 0.2) is 48.5 Å². The molecule has 0 atom stereocenters. The topological polar surface area (TPSA) is 74.7 Å². The summed E-state index contributed by atoms with van der Waals surface area (Å²) < 4.78 is 28.4. The molecule has 0 aliphatic carbocycles. The van der Waals surface area contributed by atoms with Crippen molar-refractivity contribution in [1.29, 1.82) is 0 Å². The Morgan fingerprint density at radius 3 is 2.64 bits per heavy atom. The molecule has 0 saturated heterocycles. The van der Waals surface area contributed by atoms with Gasteiger partial charge < -0.3 is 14.2 Å². The molecular formula is C21H18FNO5. The van der Waals surface area contributed by atoms with Crippen LogP contribution in [0.25, 0.3) is 10.9 Å². The van der Waals surface area contributed by atoms with Gasteiger partial charge in [-0.2, -0.15) is 0 Å². The van der Waals surface area contributed by atoms with Gasteiger partial charge in [0.1, 0.15) is 18.2 Å². The van der Waals surface area contributed by atoms with Gasteiger partial charge in [0.15, 0.2) is 6.61 Å². The third-order valence-corrected chi connectivity index (χ3v) is 4.14. The van der Waals surface area contributed by atoms with Crippen molar-refractivity contribution in [3.63, 3.8) is 0 Å². The number of fused-ring (bicyclic) bond motifs is 1. The fourth-order valence-electron chi connectivity index (χ4n) is 2.81. The fourth-order valence-corrected chi connectivity index (χ4v) is 2.81. The summed E-state index contributed by atoms with van der Waals surface area (Å²) in [5.41, 5.74) is 1.93. The number of benzene rings is 2. The highest BCUT2D eigenvalue weighted by atomic mass is 19.1. The second-order valence-electron chi connectivity index (χ2n) is 5.97. The number of carbonyl (C=O) groups is 2. The Bertz CT molecular complexity index is 1030. The number of esters is 2. The molecule has 1 heterocycles. The minimum Gasteiger partial charge on any atom is -0.482 e. The van der Waals surface area contributed by atoms with E-state index in [1.54, 1.807) is 6.92 Å². The first-order valence-corrected chi connectivity index (χ1v) is 8.50. The maximum Gasteiger partial charge on any atom is 0.344 e. The molecular weight excluding hydrogens is 365 g/mol. The second kappa shape index (κ2) is 8.47. The Balaban J connectivity index is 1.75. The molecule has 6 nitrogen and oxygen atoms in total. The lowest BCUT2D eigenvalue weighted by Gasteiger charge is -2.13. The molecule has 3 aromatic rings. The molecule has 0 saturated carbocycles. The third kappa shape index (κ3) is 4.25. The van der Waals surface area contributed by atoms with Gasteiger partial charge in [0.2, 0.25) is 0 Å². The minimum atomic E-state index is -0.673. The van der Waals surface area contributed by atoms with E-state index in [9.17, 15) is 14.0 Å². The number of nitrogens with zero attached hydrogens (tertiary/aromatic N) is 1. The number of aryl methyl sites for hydroxylation is 1. The third-order valence-electron chi connectivity index (χ3n) is 4.14. The predicted molar refractivity (Wildman–Crippen MR) is 99.5 cm³/mol. The standard InChI is InChI=1S/C21H18FNO5/c1-13-16-8-3-4-9-17(16)23-18(20(13)21(25)26-2)11-28-19(24)12-27-15-7-5-6-14(22)10-15/h3-10H,11-12H2,1-2H3. The van der Waals surface area contributed by atoms with E-state index >= 15 is 0 Å². The Kier molecular flexibility index (Phi) is 5.84. The Hall–Kier alpha value is -3.48. The lowest BCUT2D eigenvalue weighted by molar-refractivity contribution is -0.147. The number of methoxy groups -OCH3 is 1. The molecule has 28 heavy (non-hydrogen) atoms. The SMILES string of the molecule is COC(=O)c1c(COC(=O)COc2cccc(F)c2)nc2ccccc2c1C. The second-order valence-corrected chi connectivity index (χ2v) is 5.97. The number of ether oxygens (including phenoxy) is 3. The van der Waals surface area contributed by atoms with Crippen LogP contribution in [0.5, 0.6) is 5.75 Å². The summed E-state index contributed by atoms with van der Waals surface area (Å²) in [5.74, 6) is -1.48. The number of para-hydroxylation sites is 1.